The first kappa shape index (κ1) is 13.5. The number of benzene rings is 1. The molecule has 0 radical (unpaired) electrons. The van der Waals surface area contributed by atoms with Crippen LogP contribution >= 0.6 is 0 Å². The second-order valence-corrected chi connectivity index (χ2v) is 4.75. The molecular weight excluding hydrogens is 244 g/mol. The van der Waals surface area contributed by atoms with Gasteiger partial charge in [0.15, 0.2) is 0 Å². The van der Waals surface area contributed by atoms with Gasteiger partial charge in [-0.1, -0.05) is 0 Å². The van der Waals surface area contributed by atoms with Crippen LogP contribution in [0.15, 0.2) is 18.2 Å². The number of aryl methyl sites for hydroxylation is 1. The largest absolute Gasteiger partial charge is 0.383 e. The Morgan fingerprint density at radius 1 is 1.47 bits per heavy atom. The van der Waals surface area contributed by atoms with Crippen molar-refractivity contribution in [1.82, 2.24) is 5.32 Å². The predicted octanol–water partition coefficient (Wildman–Crippen LogP) is 1.34. The topological polar surface area (TPSA) is 67.4 Å². The van der Waals surface area contributed by atoms with Gasteiger partial charge in [-0.2, -0.15) is 0 Å². The highest BCUT2D eigenvalue weighted by molar-refractivity contribution is 5.98. The van der Waals surface area contributed by atoms with Crippen LogP contribution in [0, 0.1) is 0 Å². The molecule has 2 amide bonds. The molecule has 2 rings (SSSR count). The molecular formula is C14H18N2O3. The minimum atomic E-state index is -0.121. The molecule has 2 N–H and O–H groups in total. The average Bonchev–Trinajstić information content (AvgIpc) is 2.38. The van der Waals surface area contributed by atoms with Crippen LogP contribution in [0.2, 0.25) is 0 Å². The van der Waals surface area contributed by atoms with Gasteiger partial charge in [-0.25, -0.2) is 0 Å². The molecule has 5 heteroatoms. The van der Waals surface area contributed by atoms with Crippen molar-refractivity contribution in [2.75, 3.05) is 19.0 Å². The molecule has 102 valence electrons. The molecule has 5 nitrogen and oxygen atoms in total. The molecule has 1 aromatic carbocycles. The lowest BCUT2D eigenvalue weighted by atomic mass is 10.00. The summed E-state index contributed by atoms with van der Waals surface area (Å²) in [6.07, 6.45) is 1.15. The number of amides is 2. The normalized spacial score (nSPS) is 15.4. The molecule has 0 saturated carbocycles. The van der Waals surface area contributed by atoms with Crippen molar-refractivity contribution in [2.24, 2.45) is 0 Å². The molecule has 0 aromatic heterocycles. The van der Waals surface area contributed by atoms with Gasteiger partial charge in [0, 0.05) is 30.8 Å². The third-order valence-electron chi connectivity index (χ3n) is 3.06. The van der Waals surface area contributed by atoms with Crippen molar-refractivity contribution in [2.45, 2.75) is 25.8 Å². The fraction of sp³-hybridized carbons (Fsp3) is 0.429. The molecule has 1 aliphatic rings. The van der Waals surface area contributed by atoms with E-state index < -0.39 is 0 Å². The highest BCUT2D eigenvalue weighted by Gasteiger charge is 2.17. The van der Waals surface area contributed by atoms with Crippen LogP contribution in [0.5, 0.6) is 0 Å². The van der Waals surface area contributed by atoms with Gasteiger partial charge in [0.2, 0.25) is 5.91 Å². The lowest BCUT2D eigenvalue weighted by molar-refractivity contribution is -0.116. The molecule has 0 spiro atoms. The van der Waals surface area contributed by atoms with Crippen molar-refractivity contribution in [1.29, 1.82) is 0 Å². The first-order chi connectivity index (χ1) is 9.10. The van der Waals surface area contributed by atoms with Crippen molar-refractivity contribution in [3.63, 3.8) is 0 Å². The number of nitrogens with one attached hydrogen (secondary N) is 2. The number of fused-ring (bicyclic) bond motifs is 1. The van der Waals surface area contributed by atoms with Gasteiger partial charge in [0.05, 0.1) is 6.61 Å². The van der Waals surface area contributed by atoms with E-state index >= 15 is 0 Å². The fourth-order valence-corrected chi connectivity index (χ4v) is 2.12. The van der Waals surface area contributed by atoms with E-state index in [0.29, 0.717) is 25.0 Å². The van der Waals surface area contributed by atoms with Crippen LogP contribution in [-0.2, 0) is 16.0 Å². The van der Waals surface area contributed by atoms with Crippen LogP contribution in [0.1, 0.15) is 29.3 Å². The van der Waals surface area contributed by atoms with E-state index in [9.17, 15) is 9.59 Å². The van der Waals surface area contributed by atoms with Crippen LogP contribution in [-0.4, -0.2) is 31.6 Å². The predicted molar refractivity (Wildman–Crippen MR) is 72.2 cm³/mol. The minimum absolute atomic E-state index is 0.0263. The maximum Gasteiger partial charge on any atom is 0.251 e. The van der Waals surface area contributed by atoms with Gasteiger partial charge in [0.25, 0.3) is 5.91 Å². The molecule has 0 saturated heterocycles. The fourth-order valence-electron chi connectivity index (χ4n) is 2.12. The molecule has 0 bridgehead atoms. The average molecular weight is 262 g/mol. The zero-order valence-corrected chi connectivity index (χ0v) is 11.2. The van der Waals surface area contributed by atoms with Gasteiger partial charge in [-0.3, -0.25) is 9.59 Å². The van der Waals surface area contributed by atoms with E-state index in [1.165, 1.54) is 0 Å². The molecule has 0 aliphatic carbocycles. The van der Waals surface area contributed by atoms with Crippen molar-refractivity contribution in [3.8, 4) is 0 Å². The Morgan fingerprint density at radius 2 is 2.26 bits per heavy atom. The van der Waals surface area contributed by atoms with Gasteiger partial charge < -0.3 is 15.4 Å². The zero-order valence-electron chi connectivity index (χ0n) is 11.2. The number of ether oxygens (including phenoxy) is 1. The molecule has 0 fully saturated rings. The van der Waals surface area contributed by atoms with Crippen LogP contribution < -0.4 is 10.6 Å². The number of hydrogen-bond acceptors (Lipinski definition) is 3. The van der Waals surface area contributed by atoms with E-state index in [-0.39, 0.29) is 17.9 Å². The van der Waals surface area contributed by atoms with Crippen molar-refractivity contribution < 1.29 is 14.3 Å². The van der Waals surface area contributed by atoms with Crippen molar-refractivity contribution in [3.05, 3.63) is 29.3 Å². The Hall–Kier alpha value is -1.88. The number of methoxy groups -OCH3 is 1. The summed E-state index contributed by atoms with van der Waals surface area (Å²) in [6, 6.07) is 5.30. The zero-order chi connectivity index (χ0) is 13.8. The Labute approximate surface area is 112 Å². The maximum absolute atomic E-state index is 12.0. The molecule has 1 aliphatic heterocycles. The Morgan fingerprint density at radius 3 is 3.00 bits per heavy atom. The van der Waals surface area contributed by atoms with Crippen LogP contribution in [0.3, 0.4) is 0 Å². The standard InChI is InChI=1S/C14H18N2O3/c1-9(8-19-2)15-14(18)11-3-5-12-10(7-11)4-6-13(17)16-12/h3,5,7,9H,4,6,8H2,1-2H3,(H,15,18)(H,16,17)/t9-/m0/s1. The van der Waals surface area contributed by atoms with Crippen LogP contribution in [0.25, 0.3) is 0 Å². The minimum Gasteiger partial charge on any atom is -0.383 e. The lowest BCUT2D eigenvalue weighted by Gasteiger charge is -2.18. The molecule has 1 atom stereocenters. The summed E-state index contributed by atoms with van der Waals surface area (Å²) in [5.74, 6) is -0.0948. The van der Waals surface area contributed by atoms with E-state index in [4.69, 9.17) is 4.74 Å². The highest BCUT2D eigenvalue weighted by atomic mass is 16.5. The summed E-state index contributed by atoms with van der Waals surface area (Å²) in [5, 5.41) is 5.66. The maximum atomic E-state index is 12.0. The first-order valence-electron chi connectivity index (χ1n) is 6.32. The van der Waals surface area contributed by atoms with Gasteiger partial charge in [0.1, 0.15) is 0 Å². The van der Waals surface area contributed by atoms with Crippen molar-refractivity contribution >= 4 is 17.5 Å². The summed E-state index contributed by atoms with van der Waals surface area (Å²) in [6.45, 7) is 2.37. The summed E-state index contributed by atoms with van der Waals surface area (Å²) < 4.78 is 4.98. The van der Waals surface area contributed by atoms with E-state index in [2.05, 4.69) is 10.6 Å². The first-order valence-corrected chi connectivity index (χ1v) is 6.32. The van der Waals surface area contributed by atoms with E-state index in [1.54, 1.807) is 19.2 Å². The summed E-state index contributed by atoms with van der Waals surface area (Å²) in [7, 11) is 1.60. The van der Waals surface area contributed by atoms with E-state index in [0.717, 1.165) is 11.3 Å². The number of rotatable bonds is 4. The Balaban J connectivity index is 2.09. The SMILES string of the molecule is COC[C@H](C)NC(=O)c1ccc2c(c1)CCC(=O)N2. The quantitative estimate of drug-likeness (QED) is 0.860. The summed E-state index contributed by atoms with van der Waals surface area (Å²) in [4.78, 5) is 23.3. The number of anilines is 1. The monoisotopic (exact) mass is 262 g/mol. The van der Waals surface area contributed by atoms with Gasteiger partial charge in [-0.15, -0.1) is 0 Å². The van der Waals surface area contributed by atoms with Gasteiger partial charge in [-0.05, 0) is 37.1 Å². The molecule has 1 aromatic rings. The summed E-state index contributed by atoms with van der Waals surface area (Å²) in [5.41, 5.74) is 2.42. The Bertz CT molecular complexity index is 499. The number of carbonyl (C=O) groups excluding carboxylic acids is 2. The molecule has 19 heavy (non-hydrogen) atoms. The molecule has 0 unspecified atom stereocenters. The van der Waals surface area contributed by atoms with E-state index in [1.807, 2.05) is 13.0 Å². The van der Waals surface area contributed by atoms with Gasteiger partial charge >= 0.3 is 0 Å². The molecule has 1 heterocycles. The third-order valence-corrected chi connectivity index (χ3v) is 3.06. The Kier molecular flexibility index (Phi) is 4.16. The second kappa shape index (κ2) is 5.84. The lowest BCUT2D eigenvalue weighted by Crippen LogP contribution is -2.35. The summed E-state index contributed by atoms with van der Waals surface area (Å²) >= 11 is 0. The second-order valence-electron chi connectivity index (χ2n) is 4.75. The number of hydrogen-bond donors (Lipinski definition) is 2. The van der Waals surface area contributed by atoms with Crippen LogP contribution in [0.4, 0.5) is 5.69 Å². The highest BCUT2D eigenvalue weighted by Crippen LogP contribution is 2.23. The smallest absolute Gasteiger partial charge is 0.251 e. The number of carbonyl (C=O) groups is 2. The third kappa shape index (κ3) is 3.32.